The van der Waals surface area contributed by atoms with Crippen molar-refractivity contribution in [1.29, 1.82) is 0 Å². The minimum atomic E-state index is -3.58. The molecule has 0 radical (unpaired) electrons. The molecule has 0 aromatic heterocycles. The Labute approximate surface area is 165 Å². The van der Waals surface area contributed by atoms with Crippen LogP contribution in [-0.2, 0) is 26.1 Å². The number of benzene rings is 2. The van der Waals surface area contributed by atoms with Crippen molar-refractivity contribution in [3.05, 3.63) is 65.7 Å². The third-order valence-electron chi connectivity index (χ3n) is 4.09. The highest BCUT2D eigenvalue weighted by atomic mass is 32.2. The third-order valence-corrected chi connectivity index (χ3v) is 5.92. The first-order valence-corrected chi connectivity index (χ1v) is 10.2. The molecule has 0 aliphatic rings. The van der Waals surface area contributed by atoms with E-state index in [9.17, 15) is 18.0 Å². The molecule has 0 aliphatic carbocycles. The Kier molecular flexibility index (Phi) is 7.31. The Bertz CT molecular complexity index is 909. The molecule has 1 unspecified atom stereocenters. The van der Waals surface area contributed by atoms with Gasteiger partial charge in [0.2, 0.25) is 10.0 Å². The number of carbonyl (C=O) groups excluding carboxylic acids is 2. The molecule has 7 nitrogen and oxygen atoms in total. The highest BCUT2D eigenvalue weighted by Gasteiger charge is 2.23. The van der Waals surface area contributed by atoms with Gasteiger partial charge < -0.3 is 10.1 Å². The number of esters is 1. The molecule has 0 aliphatic heterocycles. The van der Waals surface area contributed by atoms with Gasteiger partial charge in [-0.25, -0.2) is 17.5 Å². The topological polar surface area (TPSA) is 92.8 Å². The largest absolute Gasteiger partial charge is 0.449 e. The Morgan fingerprint density at radius 3 is 2.18 bits per heavy atom. The van der Waals surface area contributed by atoms with E-state index in [1.165, 1.54) is 38.4 Å². The Morgan fingerprint density at radius 1 is 1.04 bits per heavy atom. The van der Waals surface area contributed by atoms with Crippen molar-refractivity contribution in [2.75, 3.05) is 14.1 Å². The number of sulfonamides is 1. The van der Waals surface area contributed by atoms with Crippen LogP contribution in [-0.4, -0.2) is 44.8 Å². The SMILES string of the molecule is CCC(OC(=O)c1ccc(S(=O)(=O)N(C)C)cc1)C(=O)NCc1ccccc1. The molecule has 1 atom stereocenters. The fourth-order valence-corrected chi connectivity index (χ4v) is 3.29. The standard InChI is InChI=1S/C20H24N2O5S/c1-4-18(19(23)21-14-15-8-6-5-7-9-15)27-20(24)16-10-12-17(13-11-16)28(25,26)22(2)3/h5-13,18H,4,14H2,1-3H3,(H,21,23). The van der Waals surface area contributed by atoms with Crippen molar-refractivity contribution >= 4 is 21.9 Å². The number of nitrogens with zero attached hydrogens (tertiary/aromatic N) is 1. The summed E-state index contributed by atoms with van der Waals surface area (Å²) < 4.78 is 30.5. The smallest absolute Gasteiger partial charge is 0.338 e. The van der Waals surface area contributed by atoms with Crippen LogP contribution in [0, 0.1) is 0 Å². The van der Waals surface area contributed by atoms with E-state index >= 15 is 0 Å². The lowest BCUT2D eigenvalue weighted by molar-refractivity contribution is -0.130. The van der Waals surface area contributed by atoms with Crippen molar-refractivity contribution in [2.45, 2.75) is 30.9 Å². The van der Waals surface area contributed by atoms with Crippen LogP contribution in [0.3, 0.4) is 0 Å². The molecule has 1 N–H and O–H groups in total. The first-order valence-electron chi connectivity index (χ1n) is 8.81. The minimum absolute atomic E-state index is 0.0710. The van der Waals surface area contributed by atoms with Crippen molar-refractivity contribution in [3.63, 3.8) is 0 Å². The summed E-state index contributed by atoms with van der Waals surface area (Å²) in [5, 5.41) is 2.75. The fraction of sp³-hybridized carbons (Fsp3) is 0.300. The quantitative estimate of drug-likeness (QED) is 0.681. The van der Waals surface area contributed by atoms with Crippen molar-refractivity contribution in [3.8, 4) is 0 Å². The second-order valence-corrected chi connectivity index (χ2v) is 8.47. The van der Waals surface area contributed by atoms with E-state index in [4.69, 9.17) is 4.74 Å². The molecule has 150 valence electrons. The number of carbonyl (C=O) groups is 2. The second kappa shape index (κ2) is 9.48. The fourth-order valence-electron chi connectivity index (χ4n) is 2.39. The number of hydrogen-bond acceptors (Lipinski definition) is 5. The Balaban J connectivity index is 2.00. The van der Waals surface area contributed by atoms with E-state index in [0.29, 0.717) is 13.0 Å². The highest BCUT2D eigenvalue weighted by molar-refractivity contribution is 7.89. The molecule has 0 saturated heterocycles. The van der Waals surface area contributed by atoms with Crippen LogP contribution in [0.5, 0.6) is 0 Å². The van der Waals surface area contributed by atoms with Gasteiger partial charge in [-0.05, 0) is 36.2 Å². The molecule has 1 amide bonds. The monoisotopic (exact) mass is 404 g/mol. The van der Waals surface area contributed by atoms with Gasteiger partial charge in [0.1, 0.15) is 0 Å². The van der Waals surface area contributed by atoms with Crippen LogP contribution in [0.4, 0.5) is 0 Å². The van der Waals surface area contributed by atoms with Crippen LogP contribution in [0.2, 0.25) is 0 Å². The molecule has 0 heterocycles. The first-order chi connectivity index (χ1) is 13.3. The average Bonchev–Trinajstić information content (AvgIpc) is 2.70. The highest BCUT2D eigenvalue weighted by Crippen LogP contribution is 2.15. The van der Waals surface area contributed by atoms with Gasteiger partial charge in [-0.1, -0.05) is 37.3 Å². The van der Waals surface area contributed by atoms with Gasteiger partial charge in [0.25, 0.3) is 5.91 Å². The van der Waals surface area contributed by atoms with Crippen molar-refractivity contribution in [1.82, 2.24) is 9.62 Å². The molecule has 2 rings (SSSR count). The van der Waals surface area contributed by atoms with Crippen LogP contribution in [0.25, 0.3) is 0 Å². The van der Waals surface area contributed by atoms with E-state index in [1.54, 1.807) is 6.92 Å². The summed E-state index contributed by atoms with van der Waals surface area (Å²) in [6, 6.07) is 14.8. The lowest BCUT2D eigenvalue weighted by Crippen LogP contribution is -2.37. The van der Waals surface area contributed by atoms with Gasteiger partial charge in [0, 0.05) is 20.6 Å². The molecule has 2 aromatic carbocycles. The summed E-state index contributed by atoms with van der Waals surface area (Å²) in [7, 11) is -0.721. The molecule has 0 spiro atoms. The summed E-state index contributed by atoms with van der Waals surface area (Å²) in [5.74, 6) is -1.07. The molecule has 2 aromatic rings. The van der Waals surface area contributed by atoms with Gasteiger partial charge >= 0.3 is 5.97 Å². The summed E-state index contributed by atoms with van der Waals surface area (Å²) in [6.45, 7) is 2.08. The number of hydrogen-bond donors (Lipinski definition) is 1. The molecule has 0 saturated carbocycles. The minimum Gasteiger partial charge on any atom is -0.449 e. The maximum atomic E-state index is 12.3. The molecular weight excluding hydrogens is 380 g/mol. The van der Waals surface area contributed by atoms with Gasteiger partial charge in [-0.15, -0.1) is 0 Å². The van der Waals surface area contributed by atoms with E-state index < -0.39 is 22.1 Å². The summed E-state index contributed by atoms with van der Waals surface area (Å²) >= 11 is 0. The van der Waals surface area contributed by atoms with E-state index in [0.717, 1.165) is 9.87 Å². The Hall–Kier alpha value is -2.71. The summed E-state index contributed by atoms with van der Waals surface area (Å²) in [4.78, 5) is 24.7. The number of rotatable bonds is 8. The molecule has 0 fully saturated rings. The van der Waals surface area contributed by atoms with Gasteiger partial charge in [0.05, 0.1) is 10.5 Å². The van der Waals surface area contributed by atoms with Gasteiger partial charge in [0.15, 0.2) is 6.10 Å². The molecular formula is C20H24N2O5S. The van der Waals surface area contributed by atoms with Crippen LogP contribution in [0.1, 0.15) is 29.3 Å². The molecule has 8 heteroatoms. The van der Waals surface area contributed by atoms with Crippen molar-refractivity contribution in [2.24, 2.45) is 0 Å². The normalized spacial score (nSPS) is 12.4. The molecule has 0 bridgehead atoms. The zero-order chi connectivity index (χ0) is 20.7. The van der Waals surface area contributed by atoms with Gasteiger partial charge in [-0.3, -0.25) is 4.79 Å². The lowest BCUT2D eigenvalue weighted by Gasteiger charge is -2.16. The number of amides is 1. The molecule has 28 heavy (non-hydrogen) atoms. The summed E-state index contributed by atoms with van der Waals surface area (Å²) in [6.07, 6.45) is -0.610. The average molecular weight is 404 g/mol. The van der Waals surface area contributed by atoms with E-state index in [1.807, 2.05) is 30.3 Å². The van der Waals surface area contributed by atoms with E-state index in [-0.39, 0.29) is 16.4 Å². The maximum absolute atomic E-state index is 12.3. The third kappa shape index (κ3) is 5.40. The van der Waals surface area contributed by atoms with Crippen LogP contribution < -0.4 is 5.32 Å². The number of ether oxygens (including phenoxy) is 1. The maximum Gasteiger partial charge on any atom is 0.338 e. The first kappa shape index (κ1) is 21.6. The zero-order valence-corrected chi connectivity index (χ0v) is 16.9. The van der Waals surface area contributed by atoms with E-state index in [2.05, 4.69) is 5.32 Å². The van der Waals surface area contributed by atoms with Crippen molar-refractivity contribution < 1.29 is 22.7 Å². The number of nitrogens with one attached hydrogen (secondary N) is 1. The second-order valence-electron chi connectivity index (χ2n) is 6.32. The lowest BCUT2D eigenvalue weighted by atomic mass is 10.2. The zero-order valence-electron chi connectivity index (χ0n) is 16.1. The van der Waals surface area contributed by atoms with Crippen LogP contribution >= 0.6 is 0 Å². The summed E-state index contributed by atoms with van der Waals surface area (Å²) in [5.41, 5.74) is 1.11. The predicted octanol–water partition coefficient (Wildman–Crippen LogP) is 2.19. The predicted molar refractivity (Wildman–Crippen MR) is 105 cm³/mol. The Morgan fingerprint density at radius 2 is 1.64 bits per heavy atom. The van der Waals surface area contributed by atoms with Gasteiger partial charge in [-0.2, -0.15) is 0 Å². The van der Waals surface area contributed by atoms with Crippen LogP contribution in [0.15, 0.2) is 59.5 Å².